The topological polar surface area (TPSA) is 130 Å². The van der Waals surface area contributed by atoms with E-state index in [1.807, 2.05) is 13.0 Å². The van der Waals surface area contributed by atoms with Gasteiger partial charge in [0.25, 0.3) is 5.91 Å². The van der Waals surface area contributed by atoms with Crippen LogP contribution in [0.5, 0.6) is 0 Å². The molecule has 4 aromatic rings. The maximum atomic E-state index is 16.4. The van der Waals surface area contributed by atoms with Crippen molar-refractivity contribution in [3.63, 3.8) is 0 Å². The van der Waals surface area contributed by atoms with Gasteiger partial charge >= 0.3 is 12.2 Å². The smallest absolute Gasteiger partial charge is 0.412 e. The lowest BCUT2D eigenvalue weighted by Gasteiger charge is -2.46. The number of rotatable bonds is 2. The number of halogens is 2. The number of carbonyl (C=O) groups is 3. The minimum Gasteiger partial charge on any atom is -0.444 e. The van der Waals surface area contributed by atoms with Gasteiger partial charge in [-0.05, 0) is 72.6 Å². The van der Waals surface area contributed by atoms with Gasteiger partial charge < -0.3 is 19.3 Å². The highest BCUT2D eigenvalue weighted by atomic mass is 32.1. The molecule has 2 aliphatic heterocycles. The third-order valence-electron chi connectivity index (χ3n) is 8.29. The van der Waals surface area contributed by atoms with E-state index >= 15 is 8.78 Å². The average molecular weight is 679 g/mol. The van der Waals surface area contributed by atoms with Crippen molar-refractivity contribution in [3.05, 3.63) is 47.2 Å². The van der Waals surface area contributed by atoms with E-state index in [0.29, 0.717) is 23.9 Å². The summed E-state index contributed by atoms with van der Waals surface area (Å²) in [5, 5.41) is 17.8. The zero-order chi connectivity index (χ0) is 34.9. The maximum absolute atomic E-state index is 16.4. The molecule has 0 saturated carbocycles. The molecule has 4 heterocycles. The number of benzene rings is 2. The normalized spacial score (nSPS) is 18.3. The summed E-state index contributed by atoms with van der Waals surface area (Å²) in [7, 11) is 0. The summed E-state index contributed by atoms with van der Waals surface area (Å²) in [4.78, 5) is 43.1. The van der Waals surface area contributed by atoms with Crippen LogP contribution in [0.25, 0.3) is 32.1 Å². The summed E-state index contributed by atoms with van der Waals surface area (Å²) in [5.41, 5.74) is -0.745. The lowest BCUT2D eigenvalue weighted by atomic mass is 9.93. The van der Waals surface area contributed by atoms with Crippen molar-refractivity contribution in [1.29, 1.82) is 5.26 Å². The monoisotopic (exact) mass is 678 g/mol. The van der Waals surface area contributed by atoms with Crippen LogP contribution in [-0.2, 0) is 16.0 Å². The Kier molecular flexibility index (Phi) is 8.10. The number of hydrogen-bond donors (Lipinski definition) is 1. The van der Waals surface area contributed by atoms with Crippen LogP contribution in [0.15, 0.2) is 24.4 Å². The molecule has 6 rings (SSSR count). The first-order valence-electron chi connectivity index (χ1n) is 15.6. The van der Waals surface area contributed by atoms with Gasteiger partial charge in [0.15, 0.2) is 0 Å². The molecule has 1 N–H and O–H groups in total. The number of aromatic nitrogens is 2. The highest BCUT2D eigenvalue weighted by Gasteiger charge is 2.41. The number of nitriles is 1. The molecule has 11 nitrogen and oxygen atoms in total. The quantitative estimate of drug-likeness (QED) is 0.236. The summed E-state index contributed by atoms with van der Waals surface area (Å²) in [6.45, 7) is 13.1. The van der Waals surface area contributed by atoms with Gasteiger partial charge in [0.05, 0.1) is 33.6 Å². The lowest BCUT2D eigenvalue weighted by molar-refractivity contribution is -0.0119. The second-order valence-corrected chi connectivity index (χ2v) is 15.2. The first kappa shape index (κ1) is 33.1. The molecule has 1 fully saturated rings. The van der Waals surface area contributed by atoms with Crippen LogP contribution < -0.4 is 5.32 Å². The largest absolute Gasteiger partial charge is 0.444 e. The third-order valence-corrected chi connectivity index (χ3v) is 9.41. The van der Waals surface area contributed by atoms with Crippen LogP contribution in [-0.4, -0.2) is 74.0 Å². The number of ether oxygens (including phenoxy) is 2. The number of fused-ring (bicyclic) bond motifs is 2. The number of nitrogens with zero attached hydrogens (tertiary/aromatic N) is 5. The zero-order valence-corrected chi connectivity index (χ0v) is 28.6. The van der Waals surface area contributed by atoms with Crippen LogP contribution in [0.3, 0.4) is 0 Å². The molecule has 14 heteroatoms. The fourth-order valence-corrected chi connectivity index (χ4v) is 7.43. The molecular weight excluding hydrogens is 642 g/mol. The Bertz CT molecular complexity index is 2040. The second-order valence-electron chi connectivity index (χ2n) is 14.1. The highest BCUT2D eigenvalue weighted by molar-refractivity contribution is 7.23. The van der Waals surface area contributed by atoms with E-state index in [2.05, 4.69) is 10.4 Å². The van der Waals surface area contributed by atoms with E-state index in [1.54, 1.807) is 56.0 Å². The molecule has 0 radical (unpaired) electrons. The van der Waals surface area contributed by atoms with Gasteiger partial charge in [-0.3, -0.25) is 14.8 Å². The van der Waals surface area contributed by atoms with E-state index in [0.717, 1.165) is 11.3 Å². The van der Waals surface area contributed by atoms with Crippen molar-refractivity contribution in [2.45, 2.75) is 84.7 Å². The predicted octanol–water partition coefficient (Wildman–Crippen LogP) is 7.27. The summed E-state index contributed by atoms with van der Waals surface area (Å²) in [6, 6.07) is 5.08. The number of anilines is 1. The number of carbonyl (C=O) groups excluding carboxylic acids is 3. The van der Waals surface area contributed by atoms with Crippen LogP contribution in [0, 0.1) is 23.0 Å². The molecule has 2 aromatic carbocycles. The van der Waals surface area contributed by atoms with Gasteiger partial charge in [0.2, 0.25) is 0 Å². The van der Waals surface area contributed by atoms with E-state index in [1.165, 1.54) is 24.4 Å². The molecule has 3 amide bonds. The fraction of sp³-hybridized carbons (Fsp3) is 0.441. The first-order chi connectivity index (χ1) is 22.5. The molecule has 2 atom stereocenters. The van der Waals surface area contributed by atoms with Gasteiger partial charge in [-0.1, -0.05) is 6.07 Å². The standard InChI is InChI=1S/C34H36F2N6O5S/c1-17-15-41-18(16-40(17)32(45)47-34(5,6)7)10-11-42-27-20(30(41)43)12-24(36)25(22(27)14-38-42)19-8-9-23(35)28-26(19)21(13-37)29(48-28)39-31(44)46-33(2,3)4/h8-9,12,14,17-18H,10-11,15-16H2,1-7H3,(H,39,44)/t17-,18+/m1/s1. The van der Waals surface area contributed by atoms with Crippen molar-refractivity contribution in [1.82, 2.24) is 19.6 Å². The second kappa shape index (κ2) is 11.7. The Hall–Kier alpha value is -4.77. The van der Waals surface area contributed by atoms with Crippen molar-refractivity contribution in [2.75, 3.05) is 18.4 Å². The Morgan fingerprint density at radius 3 is 2.44 bits per heavy atom. The average Bonchev–Trinajstić information content (AvgIpc) is 3.55. The van der Waals surface area contributed by atoms with E-state index in [4.69, 9.17) is 9.47 Å². The fourth-order valence-electron chi connectivity index (χ4n) is 6.36. The van der Waals surface area contributed by atoms with E-state index in [9.17, 15) is 19.6 Å². The molecule has 2 aromatic heterocycles. The summed E-state index contributed by atoms with van der Waals surface area (Å²) in [5.74, 6) is -1.80. The van der Waals surface area contributed by atoms with Crippen LogP contribution in [0.1, 0.15) is 70.8 Å². The van der Waals surface area contributed by atoms with Gasteiger partial charge in [0.1, 0.15) is 33.9 Å². The summed E-state index contributed by atoms with van der Waals surface area (Å²) < 4.78 is 44.3. The molecule has 0 aliphatic carbocycles. The molecule has 0 spiro atoms. The number of hydrogen-bond acceptors (Lipinski definition) is 8. The SMILES string of the molecule is C[C@@H]1CN2C(=O)c3cc(F)c(-c4ccc(F)c5sc(NC(=O)OC(C)(C)C)c(C#N)c45)c4cnn(c34)CC[C@H]2CN1C(=O)OC(C)(C)C. The maximum Gasteiger partial charge on any atom is 0.412 e. The Morgan fingerprint density at radius 2 is 1.77 bits per heavy atom. The summed E-state index contributed by atoms with van der Waals surface area (Å²) >= 11 is 0.847. The minimum absolute atomic E-state index is 0.0451. The van der Waals surface area contributed by atoms with Crippen molar-refractivity contribution < 1.29 is 32.6 Å². The van der Waals surface area contributed by atoms with Gasteiger partial charge in [0, 0.05) is 42.0 Å². The van der Waals surface area contributed by atoms with Crippen LogP contribution in [0.2, 0.25) is 0 Å². The van der Waals surface area contributed by atoms with Crippen molar-refractivity contribution in [2.24, 2.45) is 0 Å². The molecular formula is C34H36F2N6O5S. The highest BCUT2D eigenvalue weighted by Crippen LogP contribution is 2.45. The Labute approximate surface area is 280 Å². The molecule has 252 valence electrons. The predicted molar refractivity (Wildman–Crippen MR) is 177 cm³/mol. The van der Waals surface area contributed by atoms with Crippen molar-refractivity contribution >= 4 is 55.4 Å². The third kappa shape index (κ3) is 5.91. The molecule has 2 aliphatic rings. The molecule has 48 heavy (non-hydrogen) atoms. The van der Waals surface area contributed by atoms with E-state index in [-0.39, 0.29) is 62.5 Å². The summed E-state index contributed by atoms with van der Waals surface area (Å²) in [6.07, 6.45) is 0.670. The number of nitrogens with one attached hydrogen (secondary N) is 1. The molecule has 0 unspecified atom stereocenters. The van der Waals surface area contributed by atoms with Crippen LogP contribution >= 0.6 is 11.3 Å². The van der Waals surface area contributed by atoms with Gasteiger partial charge in [-0.15, -0.1) is 11.3 Å². The van der Waals surface area contributed by atoms with Gasteiger partial charge in [-0.2, -0.15) is 10.4 Å². The molecule has 1 saturated heterocycles. The molecule has 0 bridgehead atoms. The number of piperazine rings is 1. The minimum atomic E-state index is -0.820. The number of thiophene rings is 1. The Morgan fingerprint density at radius 1 is 1.06 bits per heavy atom. The van der Waals surface area contributed by atoms with E-state index < -0.39 is 40.9 Å². The number of amides is 3. The number of aryl methyl sites for hydroxylation is 1. The Balaban J connectivity index is 1.43. The first-order valence-corrected chi connectivity index (χ1v) is 16.4. The lowest BCUT2D eigenvalue weighted by Crippen LogP contribution is -2.61. The van der Waals surface area contributed by atoms with Crippen LogP contribution in [0.4, 0.5) is 23.4 Å². The zero-order valence-electron chi connectivity index (χ0n) is 27.7. The van der Waals surface area contributed by atoms with Gasteiger partial charge in [-0.25, -0.2) is 18.4 Å². The van der Waals surface area contributed by atoms with Crippen molar-refractivity contribution in [3.8, 4) is 17.2 Å².